The molecule has 2 aromatic carbocycles. The topological polar surface area (TPSA) is 88.1 Å². The van der Waals surface area contributed by atoms with Crippen LogP contribution in [0.1, 0.15) is 18.4 Å². The highest BCUT2D eigenvalue weighted by Crippen LogP contribution is 2.20. The summed E-state index contributed by atoms with van der Waals surface area (Å²) < 4.78 is 11.0. The van der Waals surface area contributed by atoms with Crippen molar-refractivity contribution in [2.45, 2.75) is 20.0 Å². The van der Waals surface area contributed by atoms with Gasteiger partial charge in [-0.05, 0) is 49.4 Å². The van der Waals surface area contributed by atoms with Crippen molar-refractivity contribution in [3.05, 3.63) is 53.9 Å². The fourth-order valence-corrected chi connectivity index (χ4v) is 2.23. The fraction of sp³-hybridized carbons (Fsp3) is 0.167. The third kappa shape index (κ3) is 3.36. The first-order valence-corrected chi connectivity index (χ1v) is 7.40. The van der Waals surface area contributed by atoms with Gasteiger partial charge in [0, 0.05) is 12.6 Å². The number of aryl methyl sites for hydroxylation is 1. The zero-order valence-electron chi connectivity index (χ0n) is 13.2. The molecule has 0 saturated carbocycles. The Balaban J connectivity index is 1.67. The number of carbonyl (C=O) groups is 1. The Morgan fingerprint density at radius 3 is 2.75 bits per heavy atom. The predicted octanol–water partition coefficient (Wildman–Crippen LogP) is 3.41. The monoisotopic (exact) mass is 321 g/mol. The summed E-state index contributed by atoms with van der Waals surface area (Å²) in [7, 11) is 0. The Labute approximate surface area is 138 Å². The normalized spacial score (nSPS) is 11.7. The molecule has 3 rings (SSSR count). The second-order valence-electron chi connectivity index (χ2n) is 5.30. The molecule has 0 saturated heterocycles. The first-order chi connectivity index (χ1) is 11.5. The molecule has 0 radical (unpaired) electrons. The summed E-state index contributed by atoms with van der Waals surface area (Å²) in [6, 6.07) is 13.9. The van der Waals surface area contributed by atoms with E-state index in [9.17, 15) is 4.79 Å². The van der Waals surface area contributed by atoms with Crippen LogP contribution in [0.15, 0.2) is 46.9 Å². The number of hydrogen-bond acceptors (Lipinski definition) is 5. The zero-order chi connectivity index (χ0) is 17.1. The van der Waals surface area contributed by atoms with Crippen LogP contribution in [-0.2, 0) is 4.79 Å². The molecule has 1 heterocycles. The molecular formula is C18H15N3O3. The van der Waals surface area contributed by atoms with E-state index in [1.54, 1.807) is 56.3 Å². The maximum absolute atomic E-state index is 12.2. The predicted molar refractivity (Wildman–Crippen MR) is 88.6 cm³/mol. The number of nitrogens with one attached hydrogen (secondary N) is 1. The molecule has 24 heavy (non-hydrogen) atoms. The van der Waals surface area contributed by atoms with E-state index in [-0.39, 0.29) is 5.91 Å². The molecule has 1 atom stereocenters. The van der Waals surface area contributed by atoms with Gasteiger partial charge in [-0.2, -0.15) is 5.26 Å². The van der Waals surface area contributed by atoms with E-state index in [2.05, 4.69) is 10.3 Å². The number of carbonyl (C=O) groups excluding carboxylic acids is 1. The van der Waals surface area contributed by atoms with E-state index in [1.807, 2.05) is 6.07 Å². The molecule has 6 heteroatoms. The Morgan fingerprint density at radius 1 is 1.29 bits per heavy atom. The minimum absolute atomic E-state index is 0.279. The van der Waals surface area contributed by atoms with Crippen LogP contribution in [0.25, 0.3) is 11.1 Å². The van der Waals surface area contributed by atoms with Crippen molar-refractivity contribution >= 4 is 22.7 Å². The number of oxazole rings is 1. The van der Waals surface area contributed by atoms with Gasteiger partial charge < -0.3 is 14.5 Å². The molecule has 1 unspecified atom stereocenters. The third-order valence-corrected chi connectivity index (χ3v) is 3.43. The van der Waals surface area contributed by atoms with E-state index in [0.29, 0.717) is 34.0 Å². The van der Waals surface area contributed by atoms with Crippen molar-refractivity contribution < 1.29 is 13.9 Å². The van der Waals surface area contributed by atoms with Gasteiger partial charge >= 0.3 is 0 Å². The number of anilines is 1. The van der Waals surface area contributed by atoms with Crippen LogP contribution in [0.4, 0.5) is 5.69 Å². The summed E-state index contributed by atoms with van der Waals surface area (Å²) in [4.78, 5) is 16.5. The molecule has 0 aliphatic rings. The molecule has 1 aromatic heterocycles. The van der Waals surface area contributed by atoms with Crippen LogP contribution in [0, 0.1) is 18.3 Å². The highest BCUT2D eigenvalue weighted by atomic mass is 16.5. The van der Waals surface area contributed by atoms with E-state index >= 15 is 0 Å². The Morgan fingerprint density at radius 2 is 2.04 bits per heavy atom. The molecule has 1 amide bonds. The van der Waals surface area contributed by atoms with Gasteiger partial charge in [-0.3, -0.25) is 4.79 Å². The maximum Gasteiger partial charge on any atom is 0.265 e. The van der Waals surface area contributed by atoms with Gasteiger partial charge in [0.1, 0.15) is 11.3 Å². The smallest absolute Gasteiger partial charge is 0.265 e. The molecule has 120 valence electrons. The third-order valence-electron chi connectivity index (χ3n) is 3.43. The highest BCUT2D eigenvalue weighted by molar-refractivity contribution is 5.95. The van der Waals surface area contributed by atoms with E-state index < -0.39 is 6.10 Å². The van der Waals surface area contributed by atoms with Crippen LogP contribution in [0.3, 0.4) is 0 Å². The van der Waals surface area contributed by atoms with Gasteiger partial charge in [0.15, 0.2) is 17.6 Å². The summed E-state index contributed by atoms with van der Waals surface area (Å²) in [5.74, 6) is 0.823. The number of hydrogen-bond donors (Lipinski definition) is 1. The first kappa shape index (κ1) is 15.6. The van der Waals surface area contributed by atoms with Crippen LogP contribution < -0.4 is 10.1 Å². The van der Waals surface area contributed by atoms with Crippen molar-refractivity contribution in [1.29, 1.82) is 5.26 Å². The van der Waals surface area contributed by atoms with Gasteiger partial charge in [0.25, 0.3) is 5.91 Å². The number of rotatable bonds is 4. The van der Waals surface area contributed by atoms with Crippen LogP contribution in [-0.4, -0.2) is 17.0 Å². The second kappa shape index (κ2) is 6.42. The molecule has 0 bridgehead atoms. The van der Waals surface area contributed by atoms with Crippen molar-refractivity contribution in [3.8, 4) is 11.8 Å². The quantitative estimate of drug-likeness (QED) is 0.795. The molecular weight excluding hydrogens is 306 g/mol. The minimum atomic E-state index is -0.687. The molecule has 1 N–H and O–H groups in total. The lowest BCUT2D eigenvalue weighted by atomic mass is 10.2. The van der Waals surface area contributed by atoms with Crippen molar-refractivity contribution in [2.75, 3.05) is 5.32 Å². The fourth-order valence-electron chi connectivity index (χ4n) is 2.23. The van der Waals surface area contributed by atoms with Gasteiger partial charge in [-0.15, -0.1) is 0 Å². The van der Waals surface area contributed by atoms with Gasteiger partial charge in [0.05, 0.1) is 11.6 Å². The van der Waals surface area contributed by atoms with Crippen LogP contribution in [0.2, 0.25) is 0 Å². The lowest BCUT2D eigenvalue weighted by molar-refractivity contribution is -0.122. The Bertz CT molecular complexity index is 923. The molecule has 0 aliphatic heterocycles. The number of ether oxygens (including phenoxy) is 1. The number of benzene rings is 2. The number of nitrogens with zero attached hydrogens (tertiary/aromatic N) is 2. The van der Waals surface area contributed by atoms with E-state index in [0.717, 1.165) is 0 Å². The van der Waals surface area contributed by atoms with Crippen molar-refractivity contribution in [3.63, 3.8) is 0 Å². The number of aromatic nitrogens is 1. The van der Waals surface area contributed by atoms with Crippen LogP contribution in [0.5, 0.6) is 5.75 Å². The van der Waals surface area contributed by atoms with Crippen molar-refractivity contribution in [1.82, 2.24) is 4.98 Å². The summed E-state index contributed by atoms with van der Waals surface area (Å²) in [6.45, 7) is 3.43. The minimum Gasteiger partial charge on any atom is -0.481 e. The summed E-state index contributed by atoms with van der Waals surface area (Å²) in [5.41, 5.74) is 2.52. The Hall–Kier alpha value is -3.33. The van der Waals surface area contributed by atoms with Crippen molar-refractivity contribution in [2.24, 2.45) is 0 Å². The maximum atomic E-state index is 12.2. The average molecular weight is 321 g/mol. The van der Waals surface area contributed by atoms with Gasteiger partial charge in [-0.1, -0.05) is 0 Å². The Kier molecular flexibility index (Phi) is 4.17. The lowest BCUT2D eigenvalue weighted by Crippen LogP contribution is -2.30. The SMILES string of the molecule is Cc1nc2cc(NC(=O)C(C)Oc3ccc(C#N)cc3)ccc2o1. The molecule has 6 nitrogen and oxygen atoms in total. The highest BCUT2D eigenvalue weighted by Gasteiger charge is 2.15. The van der Waals surface area contributed by atoms with Crippen LogP contribution >= 0.6 is 0 Å². The van der Waals surface area contributed by atoms with E-state index in [4.69, 9.17) is 14.4 Å². The first-order valence-electron chi connectivity index (χ1n) is 7.40. The molecule has 0 fully saturated rings. The average Bonchev–Trinajstić information content (AvgIpc) is 2.94. The summed E-state index contributed by atoms with van der Waals surface area (Å²) in [5, 5.41) is 11.6. The lowest BCUT2D eigenvalue weighted by Gasteiger charge is -2.14. The number of nitriles is 1. The zero-order valence-corrected chi connectivity index (χ0v) is 13.2. The standard InChI is InChI=1S/C18H15N3O3/c1-11(23-15-6-3-13(10-19)4-7-15)18(22)21-14-5-8-17-16(9-14)20-12(2)24-17/h3-9,11H,1-2H3,(H,21,22). The second-order valence-corrected chi connectivity index (χ2v) is 5.30. The summed E-state index contributed by atoms with van der Waals surface area (Å²) in [6.07, 6.45) is -0.687. The largest absolute Gasteiger partial charge is 0.481 e. The molecule has 0 aliphatic carbocycles. The van der Waals surface area contributed by atoms with E-state index in [1.165, 1.54) is 0 Å². The number of fused-ring (bicyclic) bond motifs is 1. The molecule has 0 spiro atoms. The molecule has 3 aromatic rings. The summed E-state index contributed by atoms with van der Waals surface area (Å²) >= 11 is 0. The van der Waals surface area contributed by atoms with Gasteiger partial charge in [-0.25, -0.2) is 4.98 Å². The number of amides is 1. The van der Waals surface area contributed by atoms with Gasteiger partial charge in [0.2, 0.25) is 0 Å².